The molecular formula is C13H12F3N3. The van der Waals surface area contributed by atoms with Crippen LogP contribution < -0.4 is 5.32 Å². The molecule has 2 heterocycles. The van der Waals surface area contributed by atoms with Crippen molar-refractivity contribution in [3.63, 3.8) is 0 Å². The molecule has 2 aromatic rings. The number of hydrogen-bond acceptors (Lipinski definition) is 2. The van der Waals surface area contributed by atoms with Gasteiger partial charge in [0.25, 0.3) is 0 Å². The van der Waals surface area contributed by atoms with Gasteiger partial charge in [-0.3, -0.25) is 0 Å². The Kier molecular flexibility index (Phi) is 2.82. The van der Waals surface area contributed by atoms with Gasteiger partial charge in [0.05, 0.1) is 17.5 Å². The number of H-pyrrole nitrogens is 1. The highest BCUT2D eigenvalue weighted by Crippen LogP contribution is 2.31. The van der Waals surface area contributed by atoms with Gasteiger partial charge in [-0.15, -0.1) is 0 Å². The standard InChI is InChI=1S/C13H12F3N3/c14-13(15,16)10-3-1-8(2-4-10)11-7-18-12(19-11)9-5-17-6-9/h1-4,7,9,17H,5-6H2,(H,18,19). The topological polar surface area (TPSA) is 40.7 Å². The number of aromatic amines is 1. The first-order chi connectivity index (χ1) is 9.04. The number of aromatic nitrogens is 2. The van der Waals surface area contributed by atoms with E-state index in [9.17, 15) is 13.2 Å². The van der Waals surface area contributed by atoms with Crippen molar-refractivity contribution in [3.05, 3.63) is 41.9 Å². The number of nitrogens with zero attached hydrogens (tertiary/aromatic N) is 1. The summed E-state index contributed by atoms with van der Waals surface area (Å²) < 4.78 is 37.4. The quantitative estimate of drug-likeness (QED) is 0.878. The Morgan fingerprint density at radius 3 is 2.32 bits per heavy atom. The average molecular weight is 267 g/mol. The van der Waals surface area contributed by atoms with Crippen LogP contribution in [0.3, 0.4) is 0 Å². The summed E-state index contributed by atoms with van der Waals surface area (Å²) in [5.74, 6) is 1.26. The van der Waals surface area contributed by atoms with E-state index >= 15 is 0 Å². The van der Waals surface area contributed by atoms with E-state index in [4.69, 9.17) is 0 Å². The van der Waals surface area contributed by atoms with Crippen LogP contribution in [-0.4, -0.2) is 23.1 Å². The average Bonchev–Trinajstić information content (AvgIpc) is 2.75. The van der Waals surface area contributed by atoms with E-state index in [-0.39, 0.29) is 0 Å². The van der Waals surface area contributed by atoms with Crippen molar-refractivity contribution in [2.75, 3.05) is 13.1 Å². The molecular weight excluding hydrogens is 255 g/mol. The number of imidazole rings is 1. The highest BCUT2D eigenvalue weighted by molar-refractivity contribution is 5.59. The number of rotatable bonds is 2. The van der Waals surface area contributed by atoms with Crippen LogP contribution in [0.2, 0.25) is 0 Å². The Bertz CT molecular complexity index is 568. The summed E-state index contributed by atoms with van der Waals surface area (Å²) in [5.41, 5.74) is 0.814. The van der Waals surface area contributed by atoms with Gasteiger partial charge in [-0.05, 0) is 17.7 Å². The minimum atomic E-state index is -4.30. The molecule has 6 heteroatoms. The highest BCUT2D eigenvalue weighted by Gasteiger charge is 2.30. The minimum absolute atomic E-state index is 0.378. The fourth-order valence-corrected chi connectivity index (χ4v) is 2.01. The third-order valence-corrected chi connectivity index (χ3v) is 3.29. The van der Waals surface area contributed by atoms with Crippen LogP contribution in [0, 0.1) is 0 Å². The molecule has 0 atom stereocenters. The summed E-state index contributed by atoms with van der Waals surface area (Å²) in [7, 11) is 0. The first-order valence-corrected chi connectivity index (χ1v) is 5.97. The number of hydrogen-bond donors (Lipinski definition) is 2. The van der Waals surface area contributed by atoms with Gasteiger partial charge >= 0.3 is 6.18 Å². The molecule has 0 bridgehead atoms. The number of halogens is 3. The predicted molar refractivity (Wildman–Crippen MR) is 64.6 cm³/mol. The van der Waals surface area contributed by atoms with Crippen molar-refractivity contribution >= 4 is 0 Å². The normalized spacial score (nSPS) is 16.4. The van der Waals surface area contributed by atoms with E-state index < -0.39 is 11.7 Å². The van der Waals surface area contributed by atoms with Crippen LogP contribution in [0.15, 0.2) is 30.5 Å². The van der Waals surface area contributed by atoms with Crippen LogP contribution in [0.25, 0.3) is 11.3 Å². The molecule has 1 aliphatic heterocycles. The molecule has 19 heavy (non-hydrogen) atoms. The molecule has 3 nitrogen and oxygen atoms in total. The summed E-state index contributed by atoms with van der Waals surface area (Å²) >= 11 is 0. The predicted octanol–water partition coefficient (Wildman–Crippen LogP) is 2.78. The van der Waals surface area contributed by atoms with Crippen LogP contribution in [-0.2, 0) is 6.18 Å². The van der Waals surface area contributed by atoms with Crippen LogP contribution in [0.4, 0.5) is 13.2 Å². The maximum Gasteiger partial charge on any atom is 0.416 e. The Morgan fingerprint density at radius 1 is 1.11 bits per heavy atom. The third-order valence-electron chi connectivity index (χ3n) is 3.29. The monoisotopic (exact) mass is 267 g/mol. The molecule has 0 saturated carbocycles. The van der Waals surface area contributed by atoms with Crippen LogP contribution in [0.1, 0.15) is 17.3 Å². The maximum atomic E-state index is 12.5. The molecule has 1 aliphatic rings. The minimum Gasteiger partial charge on any atom is -0.342 e. The third kappa shape index (κ3) is 2.35. The molecule has 0 unspecified atom stereocenters. The molecule has 3 rings (SSSR count). The highest BCUT2D eigenvalue weighted by atomic mass is 19.4. The second kappa shape index (κ2) is 4.38. The van der Waals surface area contributed by atoms with Crippen LogP contribution >= 0.6 is 0 Å². The number of nitrogens with one attached hydrogen (secondary N) is 2. The van der Waals surface area contributed by atoms with Gasteiger partial charge in [-0.2, -0.15) is 13.2 Å². The lowest BCUT2D eigenvalue weighted by atomic mass is 10.0. The summed E-state index contributed by atoms with van der Waals surface area (Å²) in [6.45, 7) is 1.78. The van der Waals surface area contributed by atoms with Gasteiger partial charge in [0.15, 0.2) is 0 Å². The van der Waals surface area contributed by atoms with Crippen molar-refractivity contribution in [1.29, 1.82) is 0 Å². The van der Waals surface area contributed by atoms with Crippen molar-refractivity contribution < 1.29 is 13.2 Å². The lowest BCUT2D eigenvalue weighted by molar-refractivity contribution is -0.137. The van der Waals surface area contributed by atoms with E-state index in [1.807, 2.05) is 0 Å². The molecule has 2 N–H and O–H groups in total. The summed E-state index contributed by atoms with van der Waals surface area (Å²) in [4.78, 5) is 7.43. The van der Waals surface area contributed by atoms with E-state index in [1.54, 1.807) is 6.20 Å². The largest absolute Gasteiger partial charge is 0.416 e. The SMILES string of the molecule is FC(F)(F)c1ccc(-c2cnc(C3CNC3)[nH]2)cc1. The molecule has 1 fully saturated rings. The Labute approximate surface area is 107 Å². The van der Waals surface area contributed by atoms with Crippen LogP contribution in [0.5, 0.6) is 0 Å². The van der Waals surface area contributed by atoms with Gasteiger partial charge in [-0.1, -0.05) is 12.1 Å². The number of alkyl halides is 3. The Hall–Kier alpha value is -1.82. The maximum absolute atomic E-state index is 12.5. The van der Waals surface area contributed by atoms with Crippen molar-refractivity contribution in [2.24, 2.45) is 0 Å². The van der Waals surface area contributed by atoms with E-state index in [2.05, 4.69) is 15.3 Å². The van der Waals surface area contributed by atoms with E-state index in [0.29, 0.717) is 11.5 Å². The van der Waals surface area contributed by atoms with Gasteiger partial charge in [0.1, 0.15) is 5.82 Å². The van der Waals surface area contributed by atoms with E-state index in [1.165, 1.54) is 12.1 Å². The first-order valence-electron chi connectivity index (χ1n) is 5.97. The summed E-state index contributed by atoms with van der Waals surface area (Å²) in [6, 6.07) is 5.08. The van der Waals surface area contributed by atoms with Crippen molar-refractivity contribution in [3.8, 4) is 11.3 Å². The smallest absolute Gasteiger partial charge is 0.342 e. The van der Waals surface area contributed by atoms with Crippen molar-refractivity contribution in [1.82, 2.24) is 15.3 Å². The second-order valence-corrected chi connectivity index (χ2v) is 4.61. The zero-order valence-corrected chi connectivity index (χ0v) is 9.96. The van der Waals surface area contributed by atoms with Gasteiger partial charge in [-0.25, -0.2) is 4.98 Å². The Balaban J connectivity index is 1.83. The molecule has 0 aliphatic carbocycles. The first kappa shape index (κ1) is 12.2. The van der Waals surface area contributed by atoms with Gasteiger partial charge < -0.3 is 10.3 Å². The Morgan fingerprint density at radius 2 is 1.79 bits per heavy atom. The second-order valence-electron chi connectivity index (χ2n) is 4.61. The van der Waals surface area contributed by atoms with Gasteiger partial charge in [0.2, 0.25) is 0 Å². The zero-order valence-electron chi connectivity index (χ0n) is 9.96. The zero-order chi connectivity index (χ0) is 13.5. The molecule has 0 amide bonds. The summed E-state index contributed by atoms with van der Waals surface area (Å²) in [6.07, 6.45) is -2.63. The van der Waals surface area contributed by atoms with E-state index in [0.717, 1.165) is 36.7 Å². The molecule has 1 aromatic carbocycles. The molecule has 0 radical (unpaired) electrons. The molecule has 100 valence electrons. The molecule has 1 saturated heterocycles. The number of benzene rings is 1. The molecule has 0 spiro atoms. The fourth-order valence-electron chi connectivity index (χ4n) is 2.01. The van der Waals surface area contributed by atoms with Gasteiger partial charge in [0, 0.05) is 19.0 Å². The molecule has 1 aromatic heterocycles. The lowest BCUT2D eigenvalue weighted by Crippen LogP contribution is -2.40. The lowest BCUT2D eigenvalue weighted by Gasteiger charge is -2.24. The fraction of sp³-hybridized carbons (Fsp3) is 0.308. The summed E-state index contributed by atoms with van der Waals surface area (Å²) in [5, 5.41) is 3.15. The van der Waals surface area contributed by atoms with Crippen molar-refractivity contribution in [2.45, 2.75) is 12.1 Å².